The molecule has 0 bridgehead atoms. The van der Waals surface area contributed by atoms with Crippen molar-refractivity contribution < 1.29 is 24.5 Å². The molecule has 10 unspecified atom stereocenters. The zero-order valence-corrected chi connectivity index (χ0v) is 33.2. The molecule has 51 heavy (non-hydrogen) atoms. The first-order valence-electron chi connectivity index (χ1n) is 21.7. The summed E-state index contributed by atoms with van der Waals surface area (Å²) in [6.45, 7) is 9.31. The van der Waals surface area contributed by atoms with E-state index in [4.69, 9.17) is 4.74 Å². The molecule has 0 heterocycles. The molecule has 5 nitrogen and oxygen atoms in total. The van der Waals surface area contributed by atoms with Crippen LogP contribution >= 0.6 is 0 Å². The Morgan fingerprint density at radius 1 is 0.765 bits per heavy atom. The molecular formula is C46H76O5. The molecule has 290 valence electrons. The molecule has 10 atom stereocenters. The van der Waals surface area contributed by atoms with Gasteiger partial charge < -0.3 is 14.9 Å². The van der Waals surface area contributed by atoms with Gasteiger partial charge in [0.25, 0.3) is 0 Å². The van der Waals surface area contributed by atoms with E-state index in [0.29, 0.717) is 48.3 Å². The van der Waals surface area contributed by atoms with E-state index in [1.54, 1.807) is 0 Å². The fourth-order valence-corrected chi connectivity index (χ4v) is 11.6. The van der Waals surface area contributed by atoms with Gasteiger partial charge in [-0.1, -0.05) is 103 Å². The summed E-state index contributed by atoms with van der Waals surface area (Å²) in [5.41, 5.74) is 0.105. The summed E-state index contributed by atoms with van der Waals surface area (Å²) in [7, 11) is 0. The van der Waals surface area contributed by atoms with E-state index in [2.05, 4.69) is 64.2 Å². The summed E-state index contributed by atoms with van der Waals surface area (Å²) in [5, 5.41) is 21.1. The average Bonchev–Trinajstić information content (AvgIpc) is 3.47. The van der Waals surface area contributed by atoms with Gasteiger partial charge in [0, 0.05) is 12.8 Å². The molecule has 0 radical (unpaired) electrons. The van der Waals surface area contributed by atoms with Crippen LogP contribution in [-0.2, 0) is 14.3 Å². The van der Waals surface area contributed by atoms with E-state index in [0.717, 1.165) is 64.2 Å². The fourth-order valence-electron chi connectivity index (χ4n) is 11.6. The zero-order chi connectivity index (χ0) is 36.7. The topological polar surface area (TPSA) is 83.8 Å². The Bertz CT molecular complexity index is 1140. The first-order chi connectivity index (χ1) is 24.6. The second kappa shape index (κ2) is 21.1. The number of hydrogen-bond donors (Lipinski definition) is 2. The summed E-state index contributed by atoms with van der Waals surface area (Å²) < 4.78 is 6.10. The lowest BCUT2D eigenvalue weighted by molar-refractivity contribution is -0.181. The Morgan fingerprint density at radius 3 is 2.10 bits per heavy atom. The van der Waals surface area contributed by atoms with Crippen LogP contribution in [0.25, 0.3) is 0 Å². The van der Waals surface area contributed by atoms with Crippen molar-refractivity contribution in [1.29, 1.82) is 0 Å². The quantitative estimate of drug-likeness (QED) is 0.0664. The highest BCUT2D eigenvalue weighted by atomic mass is 16.5. The zero-order valence-electron chi connectivity index (χ0n) is 33.2. The lowest BCUT2D eigenvalue weighted by Crippen LogP contribution is -2.59. The van der Waals surface area contributed by atoms with E-state index in [1.807, 2.05) is 0 Å². The number of allylic oxidation sites excluding steroid dienone is 6. The summed E-state index contributed by atoms with van der Waals surface area (Å²) in [4.78, 5) is 24.1. The Hall–Kier alpha value is -1.88. The van der Waals surface area contributed by atoms with Crippen molar-refractivity contribution in [2.75, 3.05) is 0 Å². The van der Waals surface area contributed by atoms with E-state index in [1.165, 1.54) is 70.6 Å². The monoisotopic (exact) mass is 709 g/mol. The second-order valence-corrected chi connectivity index (χ2v) is 17.8. The SMILES string of the molecule is CCCCC/C=C\C/C=C\C/C=C\CCCCCCCCC(=O)OC1CCC2(C)C(CCC3C2CC(O)C2(C)C(C(C)CCC(=O)O)CCC32)C1. The molecular weight excluding hydrogens is 633 g/mol. The van der Waals surface area contributed by atoms with Crippen LogP contribution in [0.5, 0.6) is 0 Å². The van der Waals surface area contributed by atoms with Gasteiger partial charge in [-0.3, -0.25) is 9.59 Å². The number of unbranched alkanes of at least 4 members (excludes halogenated alkanes) is 9. The maximum atomic E-state index is 12.8. The minimum Gasteiger partial charge on any atom is -0.481 e. The molecule has 0 aromatic heterocycles. The summed E-state index contributed by atoms with van der Waals surface area (Å²) in [6.07, 6.45) is 39.0. The molecule has 4 fully saturated rings. The van der Waals surface area contributed by atoms with Gasteiger partial charge >= 0.3 is 11.9 Å². The smallest absolute Gasteiger partial charge is 0.306 e. The molecule has 4 saturated carbocycles. The number of carbonyl (C=O) groups excluding carboxylic acids is 1. The van der Waals surface area contributed by atoms with Crippen LogP contribution < -0.4 is 0 Å². The van der Waals surface area contributed by atoms with E-state index in [9.17, 15) is 19.8 Å². The number of carboxylic acids is 1. The summed E-state index contributed by atoms with van der Waals surface area (Å²) >= 11 is 0. The minimum absolute atomic E-state index is 0.00246. The number of ether oxygens (including phenoxy) is 1. The molecule has 0 aromatic rings. The van der Waals surface area contributed by atoms with Gasteiger partial charge in [-0.2, -0.15) is 0 Å². The first-order valence-corrected chi connectivity index (χ1v) is 21.7. The molecule has 4 aliphatic carbocycles. The van der Waals surface area contributed by atoms with Crippen LogP contribution in [0.15, 0.2) is 36.5 Å². The van der Waals surface area contributed by atoms with Crippen LogP contribution in [0, 0.1) is 46.3 Å². The van der Waals surface area contributed by atoms with Gasteiger partial charge in [-0.25, -0.2) is 0 Å². The predicted molar refractivity (Wildman–Crippen MR) is 210 cm³/mol. The van der Waals surface area contributed by atoms with Gasteiger partial charge in [0.05, 0.1) is 6.10 Å². The largest absolute Gasteiger partial charge is 0.481 e. The molecule has 0 amide bonds. The Balaban J connectivity index is 1.07. The minimum atomic E-state index is -0.713. The van der Waals surface area contributed by atoms with Crippen LogP contribution in [0.1, 0.15) is 182 Å². The van der Waals surface area contributed by atoms with Crippen LogP contribution in [-0.4, -0.2) is 34.4 Å². The van der Waals surface area contributed by atoms with Crippen molar-refractivity contribution in [3.05, 3.63) is 36.5 Å². The molecule has 2 N–H and O–H groups in total. The third-order valence-corrected chi connectivity index (χ3v) is 14.6. The Morgan fingerprint density at radius 2 is 1.41 bits per heavy atom. The van der Waals surface area contributed by atoms with E-state index >= 15 is 0 Å². The van der Waals surface area contributed by atoms with Crippen molar-refractivity contribution in [3.63, 3.8) is 0 Å². The Labute approximate surface area is 312 Å². The third kappa shape index (κ3) is 11.6. The Kier molecular flexibility index (Phi) is 17.3. The van der Waals surface area contributed by atoms with Crippen molar-refractivity contribution in [2.45, 2.75) is 194 Å². The number of fused-ring (bicyclic) bond motifs is 5. The van der Waals surface area contributed by atoms with Gasteiger partial charge in [0.1, 0.15) is 6.10 Å². The van der Waals surface area contributed by atoms with Crippen molar-refractivity contribution >= 4 is 11.9 Å². The number of aliphatic carboxylic acids is 1. The van der Waals surface area contributed by atoms with Gasteiger partial charge in [-0.05, 0) is 149 Å². The number of aliphatic hydroxyl groups is 1. The molecule has 4 rings (SSSR count). The van der Waals surface area contributed by atoms with Crippen LogP contribution in [0.2, 0.25) is 0 Å². The molecule has 0 saturated heterocycles. The predicted octanol–water partition coefficient (Wildman–Crippen LogP) is 12.2. The highest BCUT2D eigenvalue weighted by molar-refractivity contribution is 5.69. The maximum absolute atomic E-state index is 12.8. The molecule has 0 aromatic carbocycles. The third-order valence-electron chi connectivity index (χ3n) is 14.6. The number of hydrogen-bond acceptors (Lipinski definition) is 4. The maximum Gasteiger partial charge on any atom is 0.306 e. The van der Waals surface area contributed by atoms with Crippen molar-refractivity contribution in [1.82, 2.24) is 0 Å². The average molecular weight is 709 g/mol. The van der Waals surface area contributed by atoms with Gasteiger partial charge in [0.2, 0.25) is 0 Å². The number of carbonyl (C=O) groups is 2. The normalized spacial score (nSPS) is 34.1. The molecule has 0 spiro atoms. The molecule has 0 aliphatic heterocycles. The van der Waals surface area contributed by atoms with Gasteiger partial charge in [0.15, 0.2) is 0 Å². The highest BCUT2D eigenvalue weighted by Gasteiger charge is 2.63. The van der Waals surface area contributed by atoms with Crippen LogP contribution in [0.3, 0.4) is 0 Å². The summed E-state index contributed by atoms with van der Waals surface area (Å²) in [5.74, 6) is 2.29. The van der Waals surface area contributed by atoms with Crippen LogP contribution in [0.4, 0.5) is 0 Å². The van der Waals surface area contributed by atoms with E-state index in [-0.39, 0.29) is 35.4 Å². The lowest BCUT2D eigenvalue weighted by atomic mass is 9.43. The lowest BCUT2D eigenvalue weighted by Gasteiger charge is -2.62. The number of aliphatic hydroxyl groups excluding tert-OH is 1. The standard InChI is InChI=1S/C46H76O5/c1-5-6-7-8-9-10-11-12-13-14-15-16-17-18-19-20-21-22-23-24-44(50)51-37-31-32-45(3)36(33-37)26-27-38-40-29-28-39(35(2)25-30-43(48)49)46(40,4)42(47)34-41(38)45/h9-10,12-13,15-16,35-42,47H,5-8,11,14,17-34H2,1-4H3,(H,48,49)/b10-9-,13-12-,16-15-. The number of carboxylic acid groups (broad SMARTS) is 1. The second-order valence-electron chi connectivity index (χ2n) is 17.8. The van der Waals surface area contributed by atoms with Crippen molar-refractivity contribution in [2.24, 2.45) is 46.3 Å². The fraction of sp³-hybridized carbons (Fsp3) is 0.826. The first kappa shape index (κ1) is 41.9. The van der Waals surface area contributed by atoms with Gasteiger partial charge in [-0.15, -0.1) is 0 Å². The summed E-state index contributed by atoms with van der Waals surface area (Å²) in [6, 6.07) is 0. The molecule has 5 heteroatoms. The van der Waals surface area contributed by atoms with Crippen molar-refractivity contribution in [3.8, 4) is 0 Å². The van der Waals surface area contributed by atoms with E-state index < -0.39 is 5.97 Å². The number of rotatable bonds is 22. The number of esters is 1. The molecule has 4 aliphatic rings. The highest BCUT2D eigenvalue weighted by Crippen LogP contribution is 2.68.